The molecule has 4 heteroatoms. The molecule has 112 valence electrons. The van der Waals surface area contributed by atoms with Crippen LogP contribution in [0.5, 0.6) is 0 Å². The van der Waals surface area contributed by atoms with Gasteiger partial charge >= 0.3 is 5.97 Å². The number of carbonyl (C=O) groups excluding carboxylic acids is 1. The molecular weight excluding hydrogens is 294 g/mol. The number of fused-ring (bicyclic) bond motifs is 1. The van der Waals surface area contributed by atoms with Crippen molar-refractivity contribution in [1.82, 2.24) is 0 Å². The van der Waals surface area contributed by atoms with Gasteiger partial charge < -0.3 is 4.74 Å². The van der Waals surface area contributed by atoms with Crippen LogP contribution in [-0.2, 0) is 24.2 Å². The smallest absolute Gasteiger partial charge is 0.348 e. The van der Waals surface area contributed by atoms with E-state index in [1.54, 1.807) is 23.5 Å². The highest BCUT2D eigenvalue weighted by molar-refractivity contribution is 7.14. The van der Waals surface area contributed by atoms with Gasteiger partial charge in [0, 0.05) is 10.4 Å². The lowest BCUT2D eigenvalue weighted by atomic mass is 9.90. The zero-order chi connectivity index (χ0) is 15.5. The standard InChI is InChI=1S/C18H17NO2S/c1-12-6-7-16-15(8-12)9-17(22-16)18(20)21-11-14-5-3-2-4-13(14)10-19/h2-5,9,12H,6-8,11H2,1H3/t12-/m0/s1. The molecule has 1 aromatic heterocycles. The molecule has 0 saturated carbocycles. The molecule has 0 bridgehead atoms. The second-order valence-electron chi connectivity index (χ2n) is 5.75. The van der Waals surface area contributed by atoms with E-state index in [2.05, 4.69) is 13.0 Å². The van der Waals surface area contributed by atoms with Gasteiger partial charge in [-0.25, -0.2) is 4.79 Å². The molecule has 0 amide bonds. The van der Waals surface area contributed by atoms with Crippen molar-refractivity contribution in [2.24, 2.45) is 5.92 Å². The Balaban J connectivity index is 1.69. The number of nitriles is 1. The van der Waals surface area contributed by atoms with E-state index < -0.39 is 0 Å². The van der Waals surface area contributed by atoms with Gasteiger partial charge in [-0.2, -0.15) is 5.26 Å². The van der Waals surface area contributed by atoms with Crippen molar-refractivity contribution in [3.05, 3.63) is 56.8 Å². The van der Waals surface area contributed by atoms with Crippen LogP contribution < -0.4 is 0 Å². The van der Waals surface area contributed by atoms with Gasteiger partial charge in [0.1, 0.15) is 11.5 Å². The number of thiophene rings is 1. The highest BCUT2D eigenvalue weighted by Gasteiger charge is 2.21. The Kier molecular flexibility index (Phi) is 4.26. The maximum Gasteiger partial charge on any atom is 0.348 e. The highest BCUT2D eigenvalue weighted by atomic mass is 32.1. The van der Waals surface area contributed by atoms with Crippen molar-refractivity contribution < 1.29 is 9.53 Å². The average Bonchev–Trinajstić information content (AvgIpc) is 2.96. The molecule has 2 aromatic rings. The second-order valence-corrected chi connectivity index (χ2v) is 6.89. The van der Waals surface area contributed by atoms with Crippen molar-refractivity contribution in [2.75, 3.05) is 0 Å². The number of hydrogen-bond acceptors (Lipinski definition) is 4. The van der Waals surface area contributed by atoms with Gasteiger partial charge in [-0.3, -0.25) is 0 Å². The summed E-state index contributed by atoms with van der Waals surface area (Å²) in [6, 6.07) is 11.3. The summed E-state index contributed by atoms with van der Waals surface area (Å²) in [7, 11) is 0. The maximum atomic E-state index is 12.2. The van der Waals surface area contributed by atoms with Crippen molar-refractivity contribution in [3.8, 4) is 6.07 Å². The molecule has 1 atom stereocenters. The van der Waals surface area contributed by atoms with Gasteiger partial charge in [-0.05, 0) is 42.9 Å². The summed E-state index contributed by atoms with van der Waals surface area (Å²) in [6.45, 7) is 2.39. The molecule has 1 aliphatic carbocycles. The van der Waals surface area contributed by atoms with Crippen molar-refractivity contribution in [2.45, 2.75) is 32.8 Å². The molecule has 1 aromatic carbocycles. The molecule has 3 rings (SSSR count). The fraction of sp³-hybridized carbons (Fsp3) is 0.333. The van der Waals surface area contributed by atoms with Crippen LogP contribution in [0.15, 0.2) is 30.3 Å². The summed E-state index contributed by atoms with van der Waals surface area (Å²) < 4.78 is 5.38. The Morgan fingerprint density at radius 2 is 2.27 bits per heavy atom. The van der Waals surface area contributed by atoms with Crippen LogP contribution >= 0.6 is 11.3 Å². The Bertz CT molecular complexity index is 742. The molecular formula is C18H17NO2S. The highest BCUT2D eigenvalue weighted by Crippen LogP contribution is 2.32. The predicted molar refractivity (Wildman–Crippen MR) is 85.8 cm³/mol. The van der Waals surface area contributed by atoms with E-state index >= 15 is 0 Å². The summed E-state index contributed by atoms with van der Waals surface area (Å²) in [5.74, 6) is 0.397. The van der Waals surface area contributed by atoms with Crippen LogP contribution in [0.2, 0.25) is 0 Å². The molecule has 0 aliphatic heterocycles. The van der Waals surface area contributed by atoms with Gasteiger partial charge in [0.05, 0.1) is 11.6 Å². The summed E-state index contributed by atoms with van der Waals surface area (Å²) in [4.78, 5) is 14.2. The molecule has 0 spiro atoms. The predicted octanol–water partition coefficient (Wildman–Crippen LogP) is 4.10. The van der Waals surface area contributed by atoms with E-state index in [0.717, 1.165) is 18.4 Å². The van der Waals surface area contributed by atoms with E-state index in [1.807, 2.05) is 18.2 Å². The minimum absolute atomic E-state index is 0.140. The number of benzene rings is 1. The van der Waals surface area contributed by atoms with Gasteiger partial charge in [0.25, 0.3) is 0 Å². The lowest BCUT2D eigenvalue weighted by molar-refractivity contribution is 0.0478. The van der Waals surface area contributed by atoms with Crippen LogP contribution in [0, 0.1) is 17.2 Å². The minimum atomic E-state index is -0.292. The molecule has 0 N–H and O–H groups in total. The first-order chi connectivity index (χ1) is 10.7. The summed E-state index contributed by atoms with van der Waals surface area (Å²) in [5, 5.41) is 9.05. The Hall–Kier alpha value is -2.12. The van der Waals surface area contributed by atoms with Crippen LogP contribution in [0.1, 0.15) is 44.6 Å². The molecule has 22 heavy (non-hydrogen) atoms. The van der Waals surface area contributed by atoms with Crippen molar-refractivity contribution in [1.29, 1.82) is 5.26 Å². The number of aryl methyl sites for hydroxylation is 1. The van der Waals surface area contributed by atoms with Crippen LogP contribution in [0.25, 0.3) is 0 Å². The Morgan fingerprint density at radius 1 is 1.45 bits per heavy atom. The van der Waals surface area contributed by atoms with Gasteiger partial charge in [-0.1, -0.05) is 25.1 Å². The van der Waals surface area contributed by atoms with Gasteiger partial charge in [-0.15, -0.1) is 11.3 Å². The summed E-state index contributed by atoms with van der Waals surface area (Å²) >= 11 is 1.55. The number of nitrogens with zero attached hydrogens (tertiary/aromatic N) is 1. The Labute approximate surface area is 134 Å². The average molecular weight is 311 g/mol. The zero-order valence-corrected chi connectivity index (χ0v) is 13.3. The normalized spacial score (nSPS) is 16.6. The maximum absolute atomic E-state index is 12.2. The fourth-order valence-electron chi connectivity index (χ4n) is 2.78. The first-order valence-corrected chi connectivity index (χ1v) is 8.25. The van der Waals surface area contributed by atoms with Crippen LogP contribution in [0.4, 0.5) is 0 Å². The van der Waals surface area contributed by atoms with E-state index in [9.17, 15) is 4.79 Å². The first kappa shape index (κ1) is 14.8. The number of carbonyl (C=O) groups is 1. The Morgan fingerprint density at radius 3 is 3.09 bits per heavy atom. The third-order valence-corrected chi connectivity index (χ3v) is 5.24. The number of hydrogen-bond donors (Lipinski definition) is 0. The van der Waals surface area contributed by atoms with Gasteiger partial charge in [0.15, 0.2) is 0 Å². The SMILES string of the molecule is C[C@H]1CCc2sc(C(=O)OCc3ccccc3C#N)cc2C1. The van der Waals surface area contributed by atoms with Crippen molar-refractivity contribution >= 4 is 17.3 Å². The number of rotatable bonds is 3. The molecule has 0 saturated heterocycles. The van der Waals surface area contributed by atoms with Crippen molar-refractivity contribution in [3.63, 3.8) is 0 Å². The third kappa shape index (κ3) is 3.05. The lowest BCUT2D eigenvalue weighted by Crippen LogP contribution is -2.08. The lowest BCUT2D eigenvalue weighted by Gasteiger charge is -2.16. The zero-order valence-electron chi connectivity index (χ0n) is 12.5. The monoisotopic (exact) mass is 311 g/mol. The molecule has 1 heterocycles. The largest absolute Gasteiger partial charge is 0.457 e. The fourth-order valence-corrected chi connectivity index (χ4v) is 3.88. The quantitative estimate of drug-likeness (QED) is 0.802. The topological polar surface area (TPSA) is 50.1 Å². The van der Waals surface area contributed by atoms with E-state index in [1.165, 1.54) is 16.9 Å². The summed E-state index contributed by atoms with van der Waals surface area (Å²) in [5.41, 5.74) is 2.59. The molecule has 1 aliphatic rings. The van der Waals surface area contributed by atoms with E-state index in [0.29, 0.717) is 16.4 Å². The third-order valence-electron chi connectivity index (χ3n) is 4.03. The number of esters is 1. The van der Waals surface area contributed by atoms with Crippen LogP contribution in [-0.4, -0.2) is 5.97 Å². The summed E-state index contributed by atoms with van der Waals surface area (Å²) in [6.07, 6.45) is 3.31. The van der Waals surface area contributed by atoms with Crippen LogP contribution in [0.3, 0.4) is 0 Å². The van der Waals surface area contributed by atoms with E-state index in [-0.39, 0.29) is 12.6 Å². The molecule has 0 unspecified atom stereocenters. The van der Waals surface area contributed by atoms with Gasteiger partial charge in [0.2, 0.25) is 0 Å². The number of ether oxygens (including phenoxy) is 1. The molecule has 3 nitrogen and oxygen atoms in total. The second kappa shape index (κ2) is 6.33. The molecule has 0 radical (unpaired) electrons. The first-order valence-electron chi connectivity index (χ1n) is 7.44. The molecule has 0 fully saturated rings. The van der Waals surface area contributed by atoms with E-state index in [4.69, 9.17) is 10.00 Å². The minimum Gasteiger partial charge on any atom is -0.457 e.